The normalized spacial score (nSPS) is 11.7. The van der Waals surface area contributed by atoms with Crippen molar-refractivity contribution in [1.29, 1.82) is 0 Å². The fourth-order valence-corrected chi connectivity index (χ4v) is 8.35. The molecule has 0 N–H and O–H groups in total. The van der Waals surface area contributed by atoms with Crippen molar-refractivity contribution in [3.8, 4) is 22.5 Å². The van der Waals surface area contributed by atoms with E-state index >= 15 is 0 Å². The summed E-state index contributed by atoms with van der Waals surface area (Å²) in [4.78, 5) is 2.33. The molecule has 3 heterocycles. The molecule has 0 bridgehead atoms. The zero-order valence-electron chi connectivity index (χ0n) is 29.3. The number of fused-ring (bicyclic) bond motifs is 8. The number of hydrogen-bond acceptors (Lipinski definition) is 2. The number of anilines is 3. The summed E-state index contributed by atoms with van der Waals surface area (Å²) in [5.74, 6) is 0. The highest BCUT2D eigenvalue weighted by molar-refractivity contribution is 6.23. The molecule has 4 heteroatoms. The molecule has 3 aromatic heterocycles. The van der Waals surface area contributed by atoms with Gasteiger partial charge in [-0.15, -0.1) is 0 Å². The Labute approximate surface area is 312 Å². The van der Waals surface area contributed by atoms with Gasteiger partial charge in [-0.25, -0.2) is 0 Å². The van der Waals surface area contributed by atoms with Crippen molar-refractivity contribution >= 4 is 71.8 Å². The van der Waals surface area contributed by atoms with E-state index in [1.54, 1.807) is 0 Å². The van der Waals surface area contributed by atoms with Crippen LogP contribution in [0.3, 0.4) is 0 Å². The second kappa shape index (κ2) is 12.1. The van der Waals surface area contributed by atoms with Gasteiger partial charge < -0.3 is 9.32 Å². The molecule has 11 rings (SSSR count). The van der Waals surface area contributed by atoms with Gasteiger partial charge in [-0.2, -0.15) is 0 Å². The first-order valence-electron chi connectivity index (χ1n) is 18.4. The van der Waals surface area contributed by atoms with E-state index in [0.29, 0.717) is 0 Å². The van der Waals surface area contributed by atoms with Gasteiger partial charge in [0, 0.05) is 44.3 Å². The Kier molecular flexibility index (Phi) is 6.82. The van der Waals surface area contributed by atoms with Crippen molar-refractivity contribution in [2.75, 3.05) is 4.90 Å². The maximum absolute atomic E-state index is 6.31. The molecule has 0 aliphatic rings. The van der Waals surface area contributed by atoms with E-state index in [9.17, 15) is 0 Å². The van der Waals surface area contributed by atoms with Gasteiger partial charge in [0.2, 0.25) is 0 Å². The number of furan rings is 1. The summed E-state index contributed by atoms with van der Waals surface area (Å²) in [6, 6.07) is 71.3. The van der Waals surface area contributed by atoms with Crippen LogP contribution in [-0.2, 0) is 0 Å². The largest absolute Gasteiger partial charge is 0.456 e. The molecule has 0 amide bonds. The zero-order valence-corrected chi connectivity index (χ0v) is 29.3. The van der Waals surface area contributed by atoms with Crippen molar-refractivity contribution in [3.05, 3.63) is 200 Å². The van der Waals surface area contributed by atoms with Crippen LogP contribution < -0.4 is 4.90 Å². The minimum absolute atomic E-state index is 0.876. The van der Waals surface area contributed by atoms with Crippen LogP contribution in [-0.4, -0.2) is 9.13 Å². The number of rotatable bonds is 6. The molecule has 0 saturated heterocycles. The molecular weight excluding hydrogens is 659 g/mol. The lowest BCUT2D eigenvalue weighted by atomic mass is 10.0. The van der Waals surface area contributed by atoms with Gasteiger partial charge in [0.1, 0.15) is 16.8 Å². The lowest BCUT2D eigenvalue weighted by Gasteiger charge is -2.26. The Hall–Kier alpha value is -7.30. The second-order valence-electron chi connectivity index (χ2n) is 13.8. The molecule has 0 radical (unpaired) electrons. The number of aromatic nitrogens is 2. The topological polar surface area (TPSA) is 26.2 Å². The van der Waals surface area contributed by atoms with Crippen LogP contribution in [0.2, 0.25) is 0 Å². The Morgan fingerprint density at radius 1 is 0.370 bits per heavy atom. The average Bonchev–Trinajstić information content (AvgIpc) is 3.90. The average molecular weight is 692 g/mol. The molecule has 11 aromatic rings. The van der Waals surface area contributed by atoms with Crippen LogP contribution >= 0.6 is 0 Å². The van der Waals surface area contributed by atoms with Crippen molar-refractivity contribution < 1.29 is 4.42 Å². The number of nitrogens with zero attached hydrogens (tertiary/aromatic N) is 3. The molecule has 54 heavy (non-hydrogen) atoms. The van der Waals surface area contributed by atoms with Crippen LogP contribution in [0, 0.1) is 0 Å². The van der Waals surface area contributed by atoms with Crippen LogP contribution in [0.25, 0.3) is 77.3 Å². The monoisotopic (exact) mass is 691 g/mol. The molecular formula is C50H33N3O. The number of benzene rings is 8. The molecule has 0 aliphatic heterocycles. The van der Waals surface area contributed by atoms with Crippen molar-refractivity contribution in [1.82, 2.24) is 9.13 Å². The minimum atomic E-state index is 0.876. The first-order valence-corrected chi connectivity index (χ1v) is 18.4. The highest BCUT2D eigenvalue weighted by atomic mass is 16.3. The number of para-hydroxylation sites is 5. The maximum Gasteiger partial charge on any atom is 0.137 e. The van der Waals surface area contributed by atoms with Gasteiger partial charge in [-0.3, -0.25) is 9.13 Å². The summed E-state index contributed by atoms with van der Waals surface area (Å²) < 4.78 is 11.2. The fraction of sp³-hybridized carbons (Fsp3) is 0. The molecule has 8 aromatic carbocycles. The van der Waals surface area contributed by atoms with E-state index in [4.69, 9.17) is 4.42 Å². The third-order valence-corrected chi connectivity index (χ3v) is 10.7. The van der Waals surface area contributed by atoms with Crippen LogP contribution in [0.4, 0.5) is 17.1 Å². The molecule has 254 valence electrons. The van der Waals surface area contributed by atoms with E-state index in [1.807, 2.05) is 12.1 Å². The van der Waals surface area contributed by atoms with E-state index in [0.717, 1.165) is 67.1 Å². The molecule has 4 nitrogen and oxygen atoms in total. The van der Waals surface area contributed by atoms with Crippen LogP contribution in [0.15, 0.2) is 205 Å². The van der Waals surface area contributed by atoms with Gasteiger partial charge in [-0.1, -0.05) is 121 Å². The van der Waals surface area contributed by atoms with E-state index < -0.39 is 0 Å². The van der Waals surface area contributed by atoms with E-state index in [2.05, 4.69) is 202 Å². The van der Waals surface area contributed by atoms with Gasteiger partial charge in [0.05, 0.1) is 22.1 Å². The summed E-state index contributed by atoms with van der Waals surface area (Å²) >= 11 is 0. The lowest BCUT2D eigenvalue weighted by molar-refractivity contribution is 0.669. The van der Waals surface area contributed by atoms with Gasteiger partial charge in [0.15, 0.2) is 0 Å². The van der Waals surface area contributed by atoms with Crippen molar-refractivity contribution in [2.24, 2.45) is 0 Å². The SMILES string of the molecule is c1ccc(N(c2ccc(-c3ccc4c5c6ccccc6n(-c6ccccc6)c5n(-c5ccccc5)c4c3)cc2)c2cccc3oc4ccccc4c23)cc1. The molecule has 0 unspecified atom stereocenters. The maximum atomic E-state index is 6.31. The zero-order chi connectivity index (χ0) is 35.6. The predicted molar refractivity (Wildman–Crippen MR) is 225 cm³/mol. The summed E-state index contributed by atoms with van der Waals surface area (Å²) in [7, 11) is 0. The third kappa shape index (κ3) is 4.64. The third-order valence-electron chi connectivity index (χ3n) is 10.7. The van der Waals surface area contributed by atoms with Crippen LogP contribution in [0.5, 0.6) is 0 Å². The van der Waals surface area contributed by atoms with Crippen LogP contribution in [0.1, 0.15) is 0 Å². The second-order valence-corrected chi connectivity index (χ2v) is 13.8. The summed E-state index contributed by atoms with van der Waals surface area (Å²) in [6.45, 7) is 0. The standard InChI is InChI=1S/C50H33N3O/c1-4-15-36(16-5-1)51(44-24-14-26-47-49(44)42-22-11-13-25-46(42)54-47)39-30-27-34(28-31-39)35-29-32-41-45(33-35)53(38-19-8-3-9-20-38)50-48(41)40-21-10-12-23-43(40)52(50)37-17-6-2-7-18-37/h1-33H. The highest BCUT2D eigenvalue weighted by Gasteiger charge is 2.23. The Bertz CT molecular complexity index is 3140. The first kappa shape index (κ1) is 30.3. The molecule has 0 aliphatic carbocycles. The van der Waals surface area contributed by atoms with Gasteiger partial charge in [0.25, 0.3) is 0 Å². The fourth-order valence-electron chi connectivity index (χ4n) is 8.35. The van der Waals surface area contributed by atoms with E-state index in [1.165, 1.54) is 27.2 Å². The quantitative estimate of drug-likeness (QED) is 0.173. The molecule has 0 fully saturated rings. The van der Waals surface area contributed by atoms with E-state index in [-0.39, 0.29) is 0 Å². The summed E-state index contributed by atoms with van der Waals surface area (Å²) in [6.07, 6.45) is 0. The van der Waals surface area contributed by atoms with Crippen molar-refractivity contribution in [3.63, 3.8) is 0 Å². The van der Waals surface area contributed by atoms with Gasteiger partial charge in [-0.05, 0) is 90.0 Å². The van der Waals surface area contributed by atoms with Crippen molar-refractivity contribution in [2.45, 2.75) is 0 Å². The smallest absolute Gasteiger partial charge is 0.137 e. The molecule has 0 spiro atoms. The number of hydrogen-bond donors (Lipinski definition) is 0. The van der Waals surface area contributed by atoms with Gasteiger partial charge >= 0.3 is 0 Å². The summed E-state index contributed by atoms with van der Waals surface area (Å²) in [5.41, 5.74) is 13.1. The molecule has 0 atom stereocenters. The Morgan fingerprint density at radius 2 is 0.926 bits per heavy atom. The minimum Gasteiger partial charge on any atom is -0.456 e. The first-order chi connectivity index (χ1) is 26.8. The Balaban J connectivity index is 1.10. The summed E-state index contributed by atoms with van der Waals surface area (Å²) in [5, 5.41) is 5.95. The highest BCUT2D eigenvalue weighted by Crippen LogP contribution is 2.44. The lowest BCUT2D eigenvalue weighted by Crippen LogP contribution is -2.10. The molecule has 0 saturated carbocycles. The Morgan fingerprint density at radius 3 is 1.67 bits per heavy atom. The predicted octanol–water partition coefficient (Wildman–Crippen LogP) is 13.8.